The van der Waals surface area contributed by atoms with Gasteiger partial charge < -0.3 is 14.7 Å². The van der Waals surface area contributed by atoms with E-state index in [2.05, 4.69) is 0 Å². The predicted octanol–water partition coefficient (Wildman–Crippen LogP) is 5.11. The number of ether oxygens (including phenoxy) is 1. The maximum atomic E-state index is 13.2. The lowest BCUT2D eigenvalue weighted by Crippen LogP contribution is -2.54. The van der Waals surface area contributed by atoms with E-state index in [1.54, 1.807) is 4.90 Å². The summed E-state index contributed by atoms with van der Waals surface area (Å²) in [4.78, 5) is 14.8. The first-order chi connectivity index (χ1) is 12.9. The zero-order chi connectivity index (χ0) is 19.3. The summed E-state index contributed by atoms with van der Waals surface area (Å²) in [6.07, 6.45) is 0.658. The number of carbonyl (C=O) groups is 1. The van der Waals surface area contributed by atoms with Crippen molar-refractivity contribution in [3.05, 3.63) is 67.1 Å². The Hall–Kier alpha value is -1.01. The zero-order valence-electron chi connectivity index (χ0n) is 14.0. The van der Waals surface area contributed by atoms with Gasteiger partial charge in [0.1, 0.15) is 0 Å². The molecule has 0 aromatic heterocycles. The zero-order valence-corrected chi connectivity index (χ0v) is 17.0. The molecule has 1 amide bonds. The van der Waals surface area contributed by atoms with Crippen molar-refractivity contribution in [2.75, 3.05) is 19.8 Å². The molecule has 8 heteroatoms. The number of benzene rings is 2. The van der Waals surface area contributed by atoms with Crippen LogP contribution < -0.4 is 0 Å². The minimum absolute atomic E-state index is 0.0330. The molecule has 2 aliphatic heterocycles. The third-order valence-corrected chi connectivity index (χ3v) is 6.99. The van der Waals surface area contributed by atoms with Crippen molar-refractivity contribution in [3.63, 3.8) is 0 Å². The summed E-state index contributed by atoms with van der Waals surface area (Å²) >= 11 is 25.5. The van der Waals surface area contributed by atoms with E-state index in [1.165, 1.54) is 0 Å². The Bertz CT molecular complexity index is 921. The molecule has 1 fully saturated rings. The number of amides is 1. The molecule has 2 aromatic carbocycles. The van der Waals surface area contributed by atoms with Gasteiger partial charge in [-0.15, -0.1) is 0 Å². The van der Waals surface area contributed by atoms with Gasteiger partial charge in [-0.25, -0.2) is 0 Å². The van der Waals surface area contributed by atoms with Crippen molar-refractivity contribution in [1.82, 2.24) is 4.90 Å². The molecule has 0 saturated carbocycles. The van der Waals surface area contributed by atoms with Crippen molar-refractivity contribution in [3.8, 4) is 0 Å². The fraction of sp³-hybridized carbons (Fsp3) is 0.316. The number of halogens is 4. The molecular formula is C19H15Cl4NO3. The van der Waals surface area contributed by atoms with Crippen LogP contribution in [0.1, 0.15) is 33.8 Å². The van der Waals surface area contributed by atoms with Crippen LogP contribution >= 0.6 is 46.4 Å². The van der Waals surface area contributed by atoms with Gasteiger partial charge in [-0.05, 0) is 12.0 Å². The summed E-state index contributed by atoms with van der Waals surface area (Å²) in [6.45, 7) is 0.584. The second kappa shape index (κ2) is 7.11. The molecule has 0 bridgehead atoms. The van der Waals surface area contributed by atoms with Gasteiger partial charge in [-0.3, -0.25) is 4.79 Å². The summed E-state index contributed by atoms with van der Waals surface area (Å²) in [5.41, 5.74) is 0.0738. The van der Waals surface area contributed by atoms with Gasteiger partial charge in [0.15, 0.2) is 5.72 Å². The molecule has 2 unspecified atom stereocenters. The Morgan fingerprint density at radius 3 is 2.41 bits per heavy atom. The molecular weight excluding hydrogens is 432 g/mol. The fourth-order valence-corrected chi connectivity index (χ4v) is 5.13. The van der Waals surface area contributed by atoms with E-state index in [4.69, 9.17) is 51.1 Å². The van der Waals surface area contributed by atoms with Crippen LogP contribution in [0.4, 0.5) is 0 Å². The number of rotatable bonds is 3. The quantitative estimate of drug-likeness (QED) is 0.526. The lowest BCUT2D eigenvalue weighted by atomic mass is 9.82. The molecule has 1 saturated heterocycles. The Morgan fingerprint density at radius 2 is 1.74 bits per heavy atom. The van der Waals surface area contributed by atoms with Gasteiger partial charge in [-0.2, -0.15) is 0 Å². The molecule has 0 aliphatic carbocycles. The summed E-state index contributed by atoms with van der Waals surface area (Å²) in [7, 11) is 0. The van der Waals surface area contributed by atoms with E-state index in [0.29, 0.717) is 25.1 Å². The van der Waals surface area contributed by atoms with Crippen molar-refractivity contribution in [1.29, 1.82) is 0 Å². The summed E-state index contributed by atoms with van der Waals surface area (Å²) in [6, 6.07) is 9.36. The summed E-state index contributed by atoms with van der Waals surface area (Å²) < 4.78 is 6.22. The van der Waals surface area contributed by atoms with E-state index < -0.39 is 11.6 Å². The summed E-state index contributed by atoms with van der Waals surface area (Å²) in [5, 5.41) is 10.6. The highest BCUT2D eigenvalue weighted by Crippen LogP contribution is 2.57. The number of aliphatic hydroxyl groups excluding tert-OH is 1. The SMILES string of the molecule is O=C1c2c(Cl)c(Cl)c(Cl)c(Cl)c2C2(C(CO)c3ccccc3)OCCCN12. The molecule has 0 spiro atoms. The smallest absolute Gasteiger partial charge is 0.258 e. The monoisotopic (exact) mass is 445 g/mol. The second-order valence-corrected chi connectivity index (χ2v) is 8.02. The maximum absolute atomic E-state index is 13.2. The third-order valence-electron chi connectivity index (χ3n) is 5.19. The van der Waals surface area contributed by atoms with E-state index in [-0.39, 0.29) is 38.2 Å². The number of carbonyl (C=O) groups excluding carboxylic acids is 1. The number of aliphatic hydroxyl groups is 1. The van der Waals surface area contributed by atoms with Gasteiger partial charge in [-0.1, -0.05) is 76.7 Å². The standard InChI is InChI=1S/C19H15Cl4NO3/c20-14-12-13(15(21)17(23)16(14)22)19(24(18(12)26)7-4-8-27-19)11(9-25)10-5-2-1-3-6-10/h1-3,5-6,11,25H,4,7-9H2. The number of hydrogen-bond acceptors (Lipinski definition) is 3. The Morgan fingerprint density at radius 1 is 1.07 bits per heavy atom. The molecule has 142 valence electrons. The van der Waals surface area contributed by atoms with Crippen LogP contribution in [0, 0.1) is 0 Å². The molecule has 4 rings (SSSR count). The van der Waals surface area contributed by atoms with Gasteiger partial charge in [0.05, 0.1) is 44.8 Å². The molecule has 1 N–H and O–H groups in total. The van der Waals surface area contributed by atoms with Gasteiger partial charge in [0, 0.05) is 12.1 Å². The minimum atomic E-state index is -1.30. The Labute approximate surface area is 176 Å². The van der Waals surface area contributed by atoms with E-state index >= 15 is 0 Å². The Balaban J connectivity index is 2.06. The molecule has 2 atom stereocenters. The van der Waals surface area contributed by atoms with Crippen LogP contribution in [0.2, 0.25) is 20.1 Å². The largest absolute Gasteiger partial charge is 0.396 e. The number of hydrogen-bond donors (Lipinski definition) is 1. The lowest BCUT2D eigenvalue weighted by molar-refractivity contribution is -0.187. The fourth-order valence-electron chi connectivity index (χ4n) is 4.06. The van der Waals surface area contributed by atoms with E-state index in [0.717, 1.165) is 5.56 Å². The molecule has 2 aliphatic rings. The van der Waals surface area contributed by atoms with Gasteiger partial charge in [0.2, 0.25) is 0 Å². The van der Waals surface area contributed by atoms with Crippen molar-refractivity contribution in [2.45, 2.75) is 18.1 Å². The first-order valence-electron chi connectivity index (χ1n) is 8.43. The highest BCUT2D eigenvalue weighted by atomic mass is 35.5. The van der Waals surface area contributed by atoms with Crippen molar-refractivity contribution < 1.29 is 14.6 Å². The summed E-state index contributed by atoms with van der Waals surface area (Å²) in [5.74, 6) is -0.903. The van der Waals surface area contributed by atoms with Crippen LogP contribution in [0.5, 0.6) is 0 Å². The van der Waals surface area contributed by atoms with Crippen LogP contribution in [0.3, 0.4) is 0 Å². The molecule has 2 heterocycles. The Kier molecular flexibility index (Phi) is 5.08. The van der Waals surface area contributed by atoms with E-state index in [9.17, 15) is 9.90 Å². The normalized spacial score (nSPS) is 22.6. The topological polar surface area (TPSA) is 49.8 Å². The van der Waals surface area contributed by atoms with Crippen LogP contribution in [-0.2, 0) is 10.5 Å². The average Bonchev–Trinajstić information content (AvgIpc) is 2.96. The molecule has 4 nitrogen and oxygen atoms in total. The predicted molar refractivity (Wildman–Crippen MR) is 106 cm³/mol. The van der Waals surface area contributed by atoms with Gasteiger partial charge in [0.25, 0.3) is 5.91 Å². The first kappa shape index (κ1) is 19.3. The molecule has 27 heavy (non-hydrogen) atoms. The average molecular weight is 447 g/mol. The van der Waals surface area contributed by atoms with Crippen molar-refractivity contribution in [2.24, 2.45) is 0 Å². The number of fused-ring (bicyclic) bond motifs is 3. The van der Waals surface area contributed by atoms with Crippen LogP contribution in [-0.4, -0.2) is 35.7 Å². The highest BCUT2D eigenvalue weighted by molar-refractivity contribution is 6.53. The second-order valence-electron chi connectivity index (χ2n) is 6.51. The molecule has 2 aromatic rings. The van der Waals surface area contributed by atoms with Crippen molar-refractivity contribution >= 4 is 52.3 Å². The number of nitrogens with zero attached hydrogens (tertiary/aromatic N) is 1. The minimum Gasteiger partial charge on any atom is -0.396 e. The highest BCUT2D eigenvalue weighted by Gasteiger charge is 2.59. The molecule has 0 radical (unpaired) electrons. The van der Waals surface area contributed by atoms with Gasteiger partial charge >= 0.3 is 0 Å². The third kappa shape index (κ3) is 2.62. The van der Waals surface area contributed by atoms with Crippen LogP contribution in [0.15, 0.2) is 30.3 Å². The lowest BCUT2D eigenvalue weighted by Gasteiger charge is -2.47. The maximum Gasteiger partial charge on any atom is 0.258 e. The van der Waals surface area contributed by atoms with Crippen LogP contribution in [0.25, 0.3) is 0 Å². The van der Waals surface area contributed by atoms with E-state index in [1.807, 2.05) is 30.3 Å². The first-order valence-corrected chi connectivity index (χ1v) is 9.94.